The molecule has 16 heavy (non-hydrogen) atoms. The highest BCUT2D eigenvalue weighted by Crippen LogP contribution is 2.13. The Kier molecular flexibility index (Phi) is 4.25. The summed E-state index contributed by atoms with van der Waals surface area (Å²) in [5.74, 6) is -0.215. The van der Waals surface area contributed by atoms with Crippen molar-refractivity contribution in [1.82, 2.24) is 10.3 Å². The molecular weight excluding hydrogens is 206 g/mol. The predicted octanol–water partition coefficient (Wildman–Crippen LogP) is 0.258. The number of hydrogen-bond acceptors (Lipinski definition) is 4. The topological polar surface area (TPSA) is 65.5 Å². The Bertz CT molecular complexity index is 366. The van der Waals surface area contributed by atoms with E-state index in [4.69, 9.17) is 0 Å². The van der Waals surface area contributed by atoms with Crippen molar-refractivity contribution in [2.24, 2.45) is 0 Å². The summed E-state index contributed by atoms with van der Waals surface area (Å²) in [5, 5.41) is 11.8. The average Bonchev–Trinajstić information content (AvgIpc) is 2.27. The maximum Gasteiger partial charge on any atom is 0.269 e. The molecule has 0 aromatic carbocycles. The van der Waals surface area contributed by atoms with Crippen molar-refractivity contribution in [3.05, 3.63) is 24.0 Å². The second kappa shape index (κ2) is 5.46. The van der Waals surface area contributed by atoms with Gasteiger partial charge < -0.3 is 15.3 Å². The van der Waals surface area contributed by atoms with Gasteiger partial charge in [0.05, 0.1) is 6.10 Å². The number of pyridine rings is 1. The predicted molar refractivity (Wildman–Crippen MR) is 62.6 cm³/mol. The Morgan fingerprint density at radius 1 is 1.69 bits per heavy atom. The Morgan fingerprint density at radius 2 is 2.38 bits per heavy atom. The molecule has 1 unspecified atom stereocenters. The summed E-state index contributed by atoms with van der Waals surface area (Å²) >= 11 is 0. The Balaban J connectivity index is 2.85. The third kappa shape index (κ3) is 3.20. The number of anilines is 1. The van der Waals surface area contributed by atoms with Crippen LogP contribution in [0.1, 0.15) is 17.4 Å². The van der Waals surface area contributed by atoms with E-state index in [1.165, 1.54) is 0 Å². The highest BCUT2D eigenvalue weighted by Gasteiger charge is 2.09. The van der Waals surface area contributed by atoms with Gasteiger partial charge in [-0.05, 0) is 19.1 Å². The van der Waals surface area contributed by atoms with Crippen molar-refractivity contribution >= 4 is 11.6 Å². The molecule has 0 spiro atoms. The fourth-order valence-electron chi connectivity index (χ4n) is 1.41. The van der Waals surface area contributed by atoms with Gasteiger partial charge in [-0.2, -0.15) is 0 Å². The summed E-state index contributed by atoms with van der Waals surface area (Å²) in [6.07, 6.45) is 1.17. The molecule has 2 N–H and O–H groups in total. The summed E-state index contributed by atoms with van der Waals surface area (Å²) in [7, 11) is 3.42. The quantitative estimate of drug-likeness (QED) is 0.768. The highest BCUT2D eigenvalue weighted by atomic mass is 16.3. The molecular formula is C11H17N3O2. The standard InChI is InChI=1S/C11H17N3O2/c1-8(15)7-14(3)9-4-5-13-10(6-9)11(16)12-2/h4-6,8,15H,7H2,1-3H3,(H,12,16). The molecule has 1 aromatic heterocycles. The number of rotatable bonds is 4. The number of aromatic nitrogens is 1. The first-order valence-corrected chi connectivity index (χ1v) is 5.12. The summed E-state index contributed by atoms with van der Waals surface area (Å²) in [4.78, 5) is 17.2. The fourth-order valence-corrected chi connectivity index (χ4v) is 1.41. The van der Waals surface area contributed by atoms with E-state index < -0.39 is 6.10 Å². The molecule has 0 fully saturated rings. The lowest BCUT2D eigenvalue weighted by molar-refractivity contribution is 0.0958. The average molecular weight is 223 g/mol. The SMILES string of the molecule is CNC(=O)c1cc(N(C)CC(C)O)ccn1. The Labute approximate surface area is 95.1 Å². The van der Waals surface area contributed by atoms with E-state index in [9.17, 15) is 9.90 Å². The van der Waals surface area contributed by atoms with Crippen molar-refractivity contribution in [2.45, 2.75) is 13.0 Å². The van der Waals surface area contributed by atoms with Gasteiger partial charge in [-0.3, -0.25) is 9.78 Å². The van der Waals surface area contributed by atoms with Gasteiger partial charge in [0.15, 0.2) is 0 Å². The van der Waals surface area contributed by atoms with Crippen LogP contribution in [0.5, 0.6) is 0 Å². The number of carbonyl (C=O) groups excluding carboxylic acids is 1. The van der Waals surface area contributed by atoms with Crippen LogP contribution in [0.4, 0.5) is 5.69 Å². The van der Waals surface area contributed by atoms with Crippen molar-refractivity contribution in [3.8, 4) is 0 Å². The van der Waals surface area contributed by atoms with Gasteiger partial charge in [0, 0.05) is 32.5 Å². The smallest absolute Gasteiger partial charge is 0.269 e. The van der Waals surface area contributed by atoms with E-state index in [0.29, 0.717) is 12.2 Å². The van der Waals surface area contributed by atoms with Crippen LogP contribution < -0.4 is 10.2 Å². The first-order chi connectivity index (χ1) is 7.54. The molecule has 0 aliphatic carbocycles. The molecule has 1 amide bonds. The zero-order valence-electron chi connectivity index (χ0n) is 9.77. The van der Waals surface area contributed by atoms with E-state index in [2.05, 4.69) is 10.3 Å². The van der Waals surface area contributed by atoms with E-state index in [0.717, 1.165) is 5.69 Å². The molecule has 1 heterocycles. The first-order valence-electron chi connectivity index (χ1n) is 5.12. The maximum atomic E-state index is 11.4. The molecule has 0 bridgehead atoms. The molecule has 5 heteroatoms. The summed E-state index contributed by atoms with van der Waals surface area (Å²) in [6, 6.07) is 3.50. The van der Waals surface area contributed by atoms with Crippen LogP contribution in [-0.4, -0.2) is 42.7 Å². The number of likely N-dealkylation sites (N-methyl/N-ethyl adjacent to an activating group) is 1. The minimum Gasteiger partial charge on any atom is -0.392 e. The van der Waals surface area contributed by atoms with Gasteiger partial charge in [-0.15, -0.1) is 0 Å². The van der Waals surface area contributed by atoms with Crippen molar-refractivity contribution in [1.29, 1.82) is 0 Å². The molecule has 1 aromatic rings. The highest BCUT2D eigenvalue weighted by molar-refractivity contribution is 5.92. The van der Waals surface area contributed by atoms with Crippen LogP contribution >= 0.6 is 0 Å². The largest absolute Gasteiger partial charge is 0.392 e. The van der Waals surface area contributed by atoms with Crippen LogP contribution in [0.25, 0.3) is 0 Å². The van der Waals surface area contributed by atoms with Crippen molar-refractivity contribution < 1.29 is 9.90 Å². The van der Waals surface area contributed by atoms with Crippen LogP contribution in [0.3, 0.4) is 0 Å². The number of aliphatic hydroxyl groups is 1. The molecule has 1 atom stereocenters. The second-order valence-corrected chi connectivity index (χ2v) is 3.71. The van der Waals surface area contributed by atoms with E-state index >= 15 is 0 Å². The third-order valence-corrected chi connectivity index (χ3v) is 2.18. The maximum absolute atomic E-state index is 11.4. The summed E-state index contributed by atoms with van der Waals surface area (Å²) < 4.78 is 0. The number of nitrogens with one attached hydrogen (secondary N) is 1. The lowest BCUT2D eigenvalue weighted by Crippen LogP contribution is -2.27. The van der Waals surface area contributed by atoms with E-state index in [1.54, 1.807) is 32.3 Å². The van der Waals surface area contributed by atoms with Crippen LogP contribution in [0, 0.1) is 0 Å². The summed E-state index contributed by atoms with van der Waals surface area (Å²) in [5.41, 5.74) is 1.23. The van der Waals surface area contributed by atoms with E-state index in [-0.39, 0.29) is 5.91 Å². The van der Waals surface area contributed by atoms with Gasteiger partial charge in [0.2, 0.25) is 0 Å². The van der Waals surface area contributed by atoms with Gasteiger partial charge in [0.1, 0.15) is 5.69 Å². The monoisotopic (exact) mass is 223 g/mol. The normalized spacial score (nSPS) is 12.0. The molecule has 0 aliphatic heterocycles. The first kappa shape index (κ1) is 12.4. The minimum atomic E-state index is -0.415. The number of hydrogen-bond donors (Lipinski definition) is 2. The number of amides is 1. The van der Waals surface area contributed by atoms with Gasteiger partial charge in [-0.25, -0.2) is 0 Å². The van der Waals surface area contributed by atoms with Crippen LogP contribution in [-0.2, 0) is 0 Å². The number of carbonyl (C=O) groups is 1. The summed E-state index contributed by atoms with van der Waals surface area (Å²) in [6.45, 7) is 2.23. The number of aliphatic hydroxyl groups excluding tert-OH is 1. The van der Waals surface area contributed by atoms with Crippen molar-refractivity contribution in [2.75, 3.05) is 25.5 Å². The fraction of sp³-hybridized carbons (Fsp3) is 0.455. The van der Waals surface area contributed by atoms with Gasteiger partial charge in [-0.1, -0.05) is 0 Å². The molecule has 88 valence electrons. The van der Waals surface area contributed by atoms with Crippen LogP contribution in [0.2, 0.25) is 0 Å². The van der Waals surface area contributed by atoms with Crippen molar-refractivity contribution in [3.63, 3.8) is 0 Å². The third-order valence-electron chi connectivity index (χ3n) is 2.18. The molecule has 0 radical (unpaired) electrons. The zero-order chi connectivity index (χ0) is 12.1. The van der Waals surface area contributed by atoms with Gasteiger partial charge >= 0.3 is 0 Å². The Hall–Kier alpha value is -1.62. The minimum absolute atomic E-state index is 0.215. The zero-order valence-corrected chi connectivity index (χ0v) is 9.77. The molecule has 1 rings (SSSR count). The lowest BCUT2D eigenvalue weighted by Gasteiger charge is -2.20. The molecule has 5 nitrogen and oxygen atoms in total. The molecule has 0 saturated carbocycles. The van der Waals surface area contributed by atoms with Crippen LogP contribution in [0.15, 0.2) is 18.3 Å². The molecule has 0 saturated heterocycles. The Morgan fingerprint density at radius 3 is 2.94 bits per heavy atom. The van der Waals surface area contributed by atoms with E-state index in [1.807, 2.05) is 11.9 Å². The molecule has 0 aliphatic rings. The van der Waals surface area contributed by atoms with Gasteiger partial charge in [0.25, 0.3) is 5.91 Å². The second-order valence-electron chi connectivity index (χ2n) is 3.71. The number of nitrogens with zero attached hydrogens (tertiary/aromatic N) is 2. The lowest BCUT2D eigenvalue weighted by atomic mass is 10.2.